The summed E-state index contributed by atoms with van der Waals surface area (Å²) in [6.07, 6.45) is 0. The van der Waals surface area contributed by atoms with Crippen LogP contribution in [-0.2, 0) is 0 Å². The molecular weight excluding hydrogens is 250 g/mol. The summed E-state index contributed by atoms with van der Waals surface area (Å²) in [6.45, 7) is 6.00. The van der Waals surface area contributed by atoms with E-state index >= 15 is 0 Å². The predicted octanol–water partition coefficient (Wildman–Crippen LogP) is 3.87. The van der Waals surface area contributed by atoms with E-state index in [9.17, 15) is 4.79 Å². The molecule has 0 saturated carbocycles. The summed E-state index contributed by atoms with van der Waals surface area (Å²) < 4.78 is 5.24. The number of hydrogen-bond acceptors (Lipinski definition) is 2. The van der Waals surface area contributed by atoms with Gasteiger partial charge in [0.15, 0.2) is 0 Å². The third kappa shape index (κ3) is 2.82. The number of carbonyl (C=O) groups excluding carboxylic acids is 1. The lowest BCUT2D eigenvalue weighted by Gasteiger charge is -2.12. The van der Waals surface area contributed by atoms with Crippen molar-refractivity contribution in [3.05, 3.63) is 58.7 Å². The Bertz CT molecular complexity index is 647. The number of amides is 1. The van der Waals surface area contributed by atoms with Crippen LogP contribution < -0.4 is 10.1 Å². The number of ether oxygens (including phenoxy) is 1. The van der Waals surface area contributed by atoms with Gasteiger partial charge in [0.2, 0.25) is 0 Å². The molecule has 0 aliphatic rings. The lowest BCUT2D eigenvalue weighted by atomic mass is 10.0. The van der Waals surface area contributed by atoms with Gasteiger partial charge < -0.3 is 10.1 Å². The molecule has 1 N–H and O–H groups in total. The van der Waals surface area contributed by atoms with Crippen LogP contribution in [0.25, 0.3) is 0 Å². The van der Waals surface area contributed by atoms with Gasteiger partial charge >= 0.3 is 0 Å². The standard InChI is InChI=1S/C17H19NO2/c1-11-9-13(3)14(10-12(11)2)17(19)18-15-7-5-6-8-16(15)20-4/h5-10H,1-4H3,(H,18,19). The highest BCUT2D eigenvalue weighted by Gasteiger charge is 2.12. The van der Waals surface area contributed by atoms with Crippen molar-refractivity contribution >= 4 is 11.6 Å². The third-order valence-corrected chi connectivity index (χ3v) is 3.44. The minimum Gasteiger partial charge on any atom is -0.495 e. The van der Waals surface area contributed by atoms with Gasteiger partial charge in [0.1, 0.15) is 5.75 Å². The zero-order chi connectivity index (χ0) is 14.7. The molecule has 0 radical (unpaired) electrons. The Balaban J connectivity index is 2.31. The van der Waals surface area contributed by atoms with Gasteiger partial charge in [-0.3, -0.25) is 4.79 Å². The second-order valence-electron chi connectivity index (χ2n) is 4.91. The van der Waals surface area contributed by atoms with Crippen LogP contribution in [0.3, 0.4) is 0 Å². The van der Waals surface area contributed by atoms with Gasteiger partial charge in [-0.2, -0.15) is 0 Å². The third-order valence-electron chi connectivity index (χ3n) is 3.44. The minimum atomic E-state index is -0.116. The van der Waals surface area contributed by atoms with Crippen LogP contribution in [0.2, 0.25) is 0 Å². The normalized spacial score (nSPS) is 10.2. The summed E-state index contributed by atoms with van der Waals surface area (Å²) in [5.74, 6) is 0.539. The van der Waals surface area contributed by atoms with Gasteiger partial charge in [-0.1, -0.05) is 18.2 Å². The molecule has 0 unspecified atom stereocenters. The Kier molecular flexibility index (Phi) is 4.08. The average Bonchev–Trinajstić information content (AvgIpc) is 2.43. The van der Waals surface area contributed by atoms with Crippen molar-refractivity contribution in [2.75, 3.05) is 12.4 Å². The SMILES string of the molecule is COc1ccccc1NC(=O)c1cc(C)c(C)cc1C. The fraction of sp³-hybridized carbons (Fsp3) is 0.235. The number of rotatable bonds is 3. The largest absolute Gasteiger partial charge is 0.495 e. The molecule has 0 aromatic heterocycles. The van der Waals surface area contributed by atoms with Gasteiger partial charge in [-0.25, -0.2) is 0 Å². The number of nitrogens with one attached hydrogen (secondary N) is 1. The first kappa shape index (κ1) is 14.1. The van der Waals surface area contributed by atoms with Crippen LogP contribution >= 0.6 is 0 Å². The topological polar surface area (TPSA) is 38.3 Å². The molecule has 104 valence electrons. The molecule has 0 atom stereocenters. The van der Waals surface area contributed by atoms with Gasteiger partial charge in [0, 0.05) is 5.56 Å². The van der Waals surface area contributed by atoms with Crippen LogP contribution in [-0.4, -0.2) is 13.0 Å². The number of methoxy groups -OCH3 is 1. The Morgan fingerprint density at radius 2 is 1.65 bits per heavy atom. The van der Waals surface area contributed by atoms with Crippen molar-refractivity contribution in [1.29, 1.82) is 0 Å². The monoisotopic (exact) mass is 269 g/mol. The summed E-state index contributed by atoms with van der Waals surface area (Å²) in [7, 11) is 1.59. The van der Waals surface area contributed by atoms with Gasteiger partial charge in [-0.05, 0) is 55.7 Å². The first-order chi connectivity index (χ1) is 9.52. The Labute approximate surface area is 119 Å². The molecule has 2 rings (SSSR count). The molecule has 2 aromatic carbocycles. The molecule has 1 amide bonds. The van der Waals surface area contributed by atoms with Crippen molar-refractivity contribution in [1.82, 2.24) is 0 Å². The molecule has 0 fully saturated rings. The summed E-state index contributed by atoms with van der Waals surface area (Å²) in [5, 5.41) is 2.90. The maximum absolute atomic E-state index is 12.4. The molecule has 0 aliphatic carbocycles. The van der Waals surface area contributed by atoms with E-state index in [4.69, 9.17) is 4.74 Å². The van der Waals surface area contributed by atoms with E-state index in [1.54, 1.807) is 7.11 Å². The summed E-state index contributed by atoms with van der Waals surface area (Å²) in [5.41, 5.74) is 4.65. The van der Waals surface area contributed by atoms with Crippen LogP contribution in [0.4, 0.5) is 5.69 Å². The summed E-state index contributed by atoms with van der Waals surface area (Å²) >= 11 is 0. The molecule has 3 nitrogen and oxygen atoms in total. The van der Waals surface area contributed by atoms with Crippen molar-refractivity contribution < 1.29 is 9.53 Å². The number of para-hydroxylation sites is 2. The second-order valence-corrected chi connectivity index (χ2v) is 4.91. The highest BCUT2D eigenvalue weighted by atomic mass is 16.5. The first-order valence-corrected chi connectivity index (χ1v) is 6.55. The molecule has 0 aliphatic heterocycles. The van der Waals surface area contributed by atoms with Crippen molar-refractivity contribution in [2.45, 2.75) is 20.8 Å². The number of anilines is 1. The van der Waals surface area contributed by atoms with Crippen molar-refractivity contribution in [3.63, 3.8) is 0 Å². The van der Waals surface area contributed by atoms with E-state index in [0.29, 0.717) is 17.0 Å². The van der Waals surface area contributed by atoms with Crippen molar-refractivity contribution in [2.24, 2.45) is 0 Å². The quantitative estimate of drug-likeness (QED) is 0.918. The maximum Gasteiger partial charge on any atom is 0.256 e. The highest BCUT2D eigenvalue weighted by molar-refractivity contribution is 6.06. The minimum absolute atomic E-state index is 0.116. The molecular formula is C17H19NO2. The van der Waals surface area contributed by atoms with E-state index < -0.39 is 0 Å². The van der Waals surface area contributed by atoms with E-state index in [0.717, 1.165) is 11.1 Å². The Morgan fingerprint density at radius 1 is 1.00 bits per heavy atom. The molecule has 0 heterocycles. The molecule has 0 spiro atoms. The van der Waals surface area contributed by atoms with E-state index in [2.05, 4.69) is 5.32 Å². The molecule has 0 saturated heterocycles. The molecule has 20 heavy (non-hydrogen) atoms. The lowest BCUT2D eigenvalue weighted by molar-refractivity contribution is 0.102. The van der Waals surface area contributed by atoms with E-state index in [1.807, 2.05) is 57.2 Å². The van der Waals surface area contributed by atoms with Gasteiger partial charge in [0.25, 0.3) is 5.91 Å². The maximum atomic E-state index is 12.4. The first-order valence-electron chi connectivity index (χ1n) is 6.55. The Morgan fingerprint density at radius 3 is 2.35 bits per heavy atom. The van der Waals surface area contributed by atoms with E-state index in [1.165, 1.54) is 5.56 Å². The number of benzene rings is 2. The number of aryl methyl sites for hydroxylation is 3. The van der Waals surface area contributed by atoms with Crippen LogP contribution in [0, 0.1) is 20.8 Å². The molecule has 2 aromatic rings. The predicted molar refractivity (Wildman–Crippen MR) is 81.6 cm³/mol. The van der Waals surface area contributed by atoms with E-state index in [-0.39, 0.29) is 5.91 Å². The fourth-order valence-corrected chi connectivity index (χ4v) is 2.14. The summed E-state index contributed by atoms with van der Waals surface area (Å²) in [4.78, 5) is 12.4. The number of hydrogen-bond donors (Lipinski definition) is 1. The Hall–Kier alpha value is -2.29. The lowest BCUT2D eigenvalue weighted by Crippen LogP contribution is -2.14. The van der Waals surface area contributed by atoms with Crippen LogP contribution in [0.5, 0.6) is 5.75 Å². The average molecular weight is 269 g/mol. The highest BCUT2D eigenvalue weighted by Crippen LogP contribution is 2.24. The number of carbonyl (C=O) groups is 1. The smallest absolute Gasteiger partial charge is 0.256 e. The second kappa shape index (κ2) is 5.78. The van der Waals surface area contributed by atoms with Crippen LogP contribution in [0.1, 0.15) is 27.0 Å². The van der Waals surface area contributed by atoms with Crippen molar-refractivity contribution in [3.8, 4) is 5.75 Å². The molecule has 3 heteroatoms. The van der Waals surface area contributed by atoms with Gasteiger partial charge in [-0.15, -0.1) is 0 Å². The fourth-order valence-electron chi connectivity index (χ4n) is 2.14. The summed E-state index contributed by atoms with van der Waals surface area (Å²) in [6, 6.07) is 11.3. The van der Waals surface area contributed by atoms with Crippen LogP contribution in [0.15, 0.2) is 36.4 Å². The van der Waals surface area contributed by atoms with Gasteiger partial charge in [0.05, 0.1) is 12.8 Å². The zero-order valence-electron chi connectivity index (χ0n) is 12.3. The molecule has 0 bridgehead atoms. The zero-order valence-corrected chi connectivity index (χ0v) is 12.3.